The Morgan fingerprint density at radius 2 is 2.04 bits per heavy atom. The van der Waals surface area contributed by atoms with Crippen LogP contribution in [0.2, 0.25) is 0 Å². The van der Waals surface area contributed by atoms with Crippen molar-refractivity contribution < 1.29 is 14.6 Å². The molecule has 1 N–H and O–H groups in total. The van der Waals surface area contributed by atoms with Crippen LogP contribution in [0.1, 0.15) is 30.4 Å². The molecule has 0 unspecified atom stereocenters. The average Bonchev–Trinajstić information content (AvgIpc) is 3.15. The van der Waals surface area contributed by atoms with E-state index in [1.165, 1.54) is 11.1 Å². The topological polar surface area (TPSA) is 67.6 Å². The molecule has 2 aromatic rings. The van der Waals surface area contributed by atoms with Gasteiger partial charge >= 0.3 is 0 Å². The maximum Gasteiger partial charge on any atom is 0.224 e. The van der Waals surface area contributed by atoms with Gasteiger partial charge in [-0.05, 0) is 49.9 Å². The largest absolute Gasteiger partial charge is 0.491 e. The van der Waals surface area contributed by atoms with Crippen LogP contribution in [-0.2, 0) is 11.3 Å². The number of ether oxygens (including phenoxy) is 1. The Kier molecular flexibility index (Phi) is 5.61. The summed E-state index contributed by atoms with van der Waals surface area (Å²) in [5.41, 5.74) is 1.52. The molecule has 1 aromatic heterocycles. The van der Waals surface area contributed by atoms with Crippen LogP contribution in [0.15, 0.2) is 36.9 Å². The molecule has 1 aromatic carbocycles. The summed E-state index contributed by atoms with van der Waals surface area (Å²) in [6, 6.07) is 5.95. The van der Waals surface area contributed by atoms with Gasteiger partial charge in [-0.15, -0.1) is 0 Å². The van der Waals surface area contributed by atoms with E-state index in [0.29, 0.717) is 38.9 Å². The second kappa shape index (κ2) is 7.91. The molecular formula is C20H27N3O3. The second-order valence-corrected chi connectivity index (χ2v) is 7.19. The van der Waals surface area contributed by atoms with E-state index in [4.69, 9.17) is 4.74 Å². The number of nitrogens with zero attached hydrogens (tertiary/aromatic N) is 3. The molecule has 26 heavy (non-hydrogen) atoms. The zero-order valence-electron chi connectivity index (χ0n) is 15.5. The van der Waals surface area contributed by atoms with Crippen molar-refractivity contribution >= 4 is 5.91 Å². The predicted octanol–water partition coefficient (Wildman–Crippen LogP) is 2.32. The summed E-state index contributed by atoms with van der Waals surface area (Å²) in [5.74, 6) is 0.899. The minimum absolute atomic E-state index is 0.121. The molecule has 1 aliphatic rings. The van der Waals surface area contributed by atoms with Gasteiger partial charge < -0.3 is 19.3 Å². The lowest BCUT2D eigenvalue weighted by molar-refractivity contribution is -0.136. The molecule has 1 fully saturated rings. The fraction of sp³-hybridized carbons (Fsp3) is 0.500. The smallest absolute Gasteiger partial charge is 0.224 e. The summed E-state index contributed by atoms with van der Waals surface area (Å²) in [6.45, 7) is 6.13. The van der Waals surface area contributed by atoms with Crippen LogP contribution in [-0.4, -0.2) is 50.8 Å². The van der Waals surface area contributed by atoms with E-state index < -0.39 is 5.60 Å². The maximum atomic E-state index is 12.3. The molecule has 0 saturated carbocycles. The normalized spacial score (nSPS) is 16.5. The first kappa shape index (κ1) is 18.5. The number of carbonyl (C=O) groups is 1. The first-order valence-electron chi connectivity index (χ1n) is 9.11. The van der Waals surface area contributed by atoms with E-state index in [0.717, 1.165) is 5.75 Å². The standard InChI is InChI=1S/C20H27N3O3/c1-16-3-4-18(13-17(16)2)26-14-20(25)6-10-23(11-7-20)19(24)5-9-22-12-8-21-15-22/h3-4,8,12-13,15,25H,5-7,9-11,14H2,1-2H3. The van der Waals surface area contributed by atoms with Crippen molar-refractivity contribution in [2.75, 3.05) is 19.7 Å². The van der Waals surface area contributed by atoms with E-state index in [1.54, 1.807) is 12.5 Å². The summed E-state index contributed by atoms with van der Waals surface area (Å²) >= 11 is 0. The van der Waals surface area contributed by atoms with Crippen molar-refractivity contribution in [3.8, 4) is 5.75 Å². The molecule has 1 aliphatic heterocycles. The van der Waals surface area contributed by atoms with E-state index in [-0.39, 0.29) is 12.5 Å². The van der Waals surface area contributed by atoms with Crippen molar-refractivity contribution in [3.63, 3.8) is 0 Å². The van der Waals surface area contributed by atoms with Crippen LogP contribution in [0, 0.1) is 13.8 Å². The molecule has 140 valence electrons. The SMILES string of the molecule is Cc1ccc(OCC2(O)CCN(C(=O)CCn3ccnc3)CC2)cc1C. The number of hydrogen-bond donors (Lipinski definition) is 1. The molecule has 0 bridgehead atoms. The van der Waals surface area contributed by atoms with Crippen LogP contribution >= 0.6 is 0 Å². The monoisotopic (exact) mass is 357 g/mol. The summed E-state index contributed by atoms with van der Waals surface area (Å²) in [6.07, 6.45) is 6.80. The van der Waals surface area contributed by atoms with E-state index in [9.17, 15) is 9.90 Å². The molecular weight excluding hydrogens is 330 g/mol. The average molecular weight is 357 g/mol. The van der Waals surface area contributed by atoms with Crippen molar-refractivity contribution in [1.82, 2.24) is 14.5 Å². The molecule has 1 saturated heterocycles. The lowest BCUT2D eigenvalue weighted by atomic mass is 9.92. The Labute approximate surface area is 154 Å². The van der Waals surface area contributed by atoms with Gasteiger partial charge in [0.25, 0.3) is 0 Å². The van der Waals surface area contributed by atoms with E-state index in [1.807, 2.05) is 40.8 Å². The van der Waals surface area contributed by atoms with Crippen LogP contribution in [0.4, 0.5) is 0 Å². The highest BCUT2D eigenvalue weighted by Gasteiger charge is 2.34. The lowest BCUT2D eigenvalue weighted by Gasteiger charge is -2.38. The van der Waals surface area contributed by atoms with E-state index >= 15 is 0 Å². The number of benzene rings is 1. The summed E-state index contributed by atoms with van der Waals surface area (Å²) < 4.78 is 7.71. The number of likely N-dealkylation sites (tertiary alicyclic amines) is 1. The molecule has 3 rings (SSSR count). The Balaban J connectivity index is 1.45. The summed E-state index contributed by atoms with van der Waals surface area (Å²) in [7, 11) is 0. The number of amides is 1. The molecule has 0 atom stereocenters. The number of rotatable bonds is 6. The molecule has 1 amide bonds. The third-order valence-corrected chi connectivity index (χ3v) is 5.18. The van der Waals surface area contributed by atoms with E-state index in [2.05, 4.69) is 11.9 Å². The van der Waals surface area contributed by atoms with Gasteiger partial charge in [0, 0.05) is 38.4 Å². The molecule has 0 spiro atoms. The second-order valence-electron chi connectivity index (χ2n) is 7.19. The van der Waals surface area contributed by atoms with Gasteiger partial charge in [-0.2, -0.15) is 0 Å². The first-order valence-corrected chi connectivity index (χ1v) is 9.11. The van der Waals surface area contributed by atoms with Gasteiger partial charge in [-0.1, -0.05) is 6.07 Å². The van der Waals surface area contributed by atoms with Gasteiger partial charge in [0.1, 0.15) is 18.0 Å². The molecule has 6 heteroatoms. The Bertz CT molecular complexity index is 735. The van der Waals surface area contributed by atoms with Crippen LogP contribution in [0.25, 0.3) is 0 Å². The summed E-state index contributed by atoms with van der Waals surface area (Å²) in [5, 5.41) is 10.8. The van der Waals surface area contributed by atoms with Crippen molar-refractivity contribution in [2.45, 2.75) is 45.3 Å². The van der Waals surface area contributed by atoms with Crippen LogP contribution in [0.5, 0.6) is 5.75 Å². The van der Waals surface area contributed by atoms with Crippen LogP contribution < -0.4 is 4.74 Å². The fourth-order valence-electron chi connectivity index (χ4n) is 3.14. The molecule has 6 nitrogen and oxygen atoms in total. The summed E-state index contributed by atoms with van der Waals surface area (Å²) in [4.78, 5) is 18.1. The zero-order chi connectivity index (χ0) is 18.6. The van der Waals surface area contributed by atoms with Gasteiger partial charge in [-0.3, -0.25) is 4.79 Å². The third kappa shape index (κ3) is 4.64. The Hall–Kier alpha value is -2.34. The van der Waals surface area contributed by atoms with Gasteiger partial charge in [0.2, 0.25) is 5.91 Å². The van der Waals surface area contributed by atoms with Crippen molar-refractivity contribution in [1.29, 1.82) is 0 Å². The van der Waals surface area contributed by atoms with Gasteiger partial charge in [-0.25, -0.2) is 4.98 Å². The number of carbonyl (C=O) groups excluding carboxylic acids is 1. The molecule has 0 radical (unpaired) electrons. The predicted molar refractivity (Wildman–Crippen MR) is 99.0 cm³/mol. The minimum Gasteiger partial charge on any atom is -0.491 e. The quantitative estimate of drug-likeness (QED) is 0.862. The Morgan fingerprint density at radius 1 is 1.27 bits per heavy atom. The molecule has 0 aliphatic carbocycles. The van der Waals surface area contributed by atoms with Crippen molar-refractivity contribution in [2.24, 2.45) is 0 Å². The minimum atomic E-state index is -0.875. The number of aromatic nitrogens is 2. The number of hydrogen-bond acceptors (Lipinski definition) is 4. The first-order chi connectivity index (χ1) is 12.5. The number of aliphatic hydroxyl groups is 1. The lowest BCUT2D eigenvalue weighted by Crippen LogP contribution is -2.49. The highest BCUT2D eigenvalue weighted by Crippen LogP contribution is 2.25. The van der Waals surface area contributed by atoms with Crippen molar-refractivity contribution in [3.05, 3.63) is 48.0 Å². The van der Waals surface area contributed by atoms with Gasteiger partial charge in [0.15, 0.2) is 0 Å². The van der Waals surface area contributed by atoms with Crippen LogP contribution in [0.3, 0.4) is 0 Å². The third-order valence-electron chi connectivity index (χ3n) is 5.18. The zero-order valence-corrected chi connectivity index (χ0v) is 15.5. The number of imidazole rings is 1. The fourth-order valence-corrected chi connectivity index (χ4v) is 3.14. The Morgan fingerprint density at radius 3 is 2.69 bits per heavy atom. The highest BCUT2D eigenvalue weighted by atomic mass is 16.5. The maximum absolute atomic E-state index is 12.3. The molecule has 2 heterocycles. The number of aryl methyl sites for hydroxylation is 3. The highest BCUT2D eigenvalue weighted by molar-refractivity contribution is 5.76. The number of piperidine rings is 1. The van der Waals surface area contributed by atoms with Gasteiger partial charge in [0.05, 0.1) is 6.33 Å².